The fourth-order valence-electron chi connectivity index (χ4n) is 5.25. The first-order valence-electron chi connectivity index (χ1n) is 10.7. The van der Waals surface area contributed by atoms with Crippen LogP contribution in [0, 0.1) is 11.8 Å². The maximum atomic E-state index is 13.1. The quantitative estimate of drug-likeness (QED) is 0.831. The lowest BCUT2D eigenvalue weighted by Gasteiger charge is -2.42. The Balaban J connectivity index is 1.40. The molecule has 3 fully saturated rings. The van der Waals surface area contributed by atoms with Crippen LogP contribution >= 0.6 is 0 Å². The first kappa shape index (κ1) is 17.3. The Labute approximate surface area is 161 Å². The number of likely N-dealkylation sites (tertiary alicyclic amines) is 1. The minimum atomic E-state index is 0.0658. The Kier molecular flexibility index (Phi) is 4.27. The van der Waals surface area contributed by atoms with Crippen molar-refractivity contribution >= 4 is 16.8 Å². The molecule has 1 aromatic carbocycles. The topological polar surface area (TPSA) is 48.1 Å². The number of carbonyl (C=O) groups excluding carboxylic acids is 1. The van der Waals surface area contributed by atoms with Gasteiger partial charge in [0, 0.05) is 23.0 Å². The molecule has 2 saturated carbocycles. The van der Waals surface area contributed by atoms with E-state index in [0.29, 0.717) is 23.8 Å². The van der Waals surface area contributed by atoms with Gasteiger partial charge < -0.3 is 15.2 Å². The highest BCUT2D eigenvalue weighted by atomic mass is 16.2. The van der Waals surface area contributed by atoms with Crippen LogP contribution in [-0.2, 0) is 0 Å². The summed E-state index contributed by atoms with van der Waals surface area (Å²) in [6, 6.07) is 9.22. The molecule has 2 heterocycles. The zero-order valence-corrected chi connectivity index (χ0v) is 16.5. The van der Waals surface area contributed by atoms with Crippen molar-refractivity contribution in [2.45, 2.75) is 63.5 Å². The zero-order valence-electron chi connectivity index (χ0n) is 16.5. The number of hydrogen-bond acceptors (Lipinski definition) is 2. The van der Waals surface area contributed by atoms with Gasteiger partial charge >= 0.3 is 0 Å². The Bertz CT molecular complexity index is 838. The molecule has 27 heavy (non-hydrogen) atoms. The highest BCUT2D eigenvalue weighted by molar-refractivity contribution is 5.99. The van der Waals surface area contributed by atoms with Crippen molar-refractivity contribution in [2.24, 2.45) is 11.8 Å². The van der Waals surface area contributed by atoms with Crippen LogP contribution in [0.25, 0.3) is 10.9 Å². The van der Waals surface area contributed by atoms with E-state index in [4.69, 9.17) is 0 Å². The lowest BCUT2D eigenvalue weighted by molar-refractivity contribution is 0.0719. The normalized spacial score (nSPS) is 27.6. The van der Waals surface area contributed by atoms with Gasteiger partial charge in [-0.05, 0) is 81.5 Å². The summed E-state index contributed by atoms with van der Waals surface area (Å²) in [5, 5.41) is 4.60. The van der Waals surface area contributed by atoms with Crippen molar-refractivity contribution in [3.05, 3.63) is 35.5 Å². The van der Waals surface area contributed by atoms with Gasteiger partial charge in [-0.2, -0.15) is 0 Å². The Morgan fingerprint density at radius 2 is 2.04 bits per heavy atom. The van der Waals surface area contributed by atoms with Crippen LogP contribution in [0.4, 0.5) is 0 Å². The number of rotatable bonds is 5. The highest BCUT2D eigenvalue weighted by Gasteiger charge is 2.42. The number of piperidine rings is 1. The predicted molar refractivity (Wildman–Crippen MR) is 109 cm³/mol. The van der Waals surface area contributed by atoms with E-state index in [-0.39, 0.29) is 11.9 Å². The number of amides is 1. The van der Waals surface area contributed by atoms with E-state index in [1.54, 1.807) is 0 Å². The minimum absolute atomic E-state index is 0.0658. The molecule has 3 aliphatic rings. The fraction of sp³-hybridized carbons (Fsp3) is 0.609. The molecule has 0 spiro atoms. The van der Waals surface area contributed by atoms with Crippen molar-refractivity contribution in [2.75, 3.05) is 13.6 Å². The molecule has 5 rings (SSSR count). The van der Waals surface area contributed by atoms with Gasteiger partial charge in [0.15, 0.2) is 0 Å². The SMILES string of the molecule is CC1CCCN(C)C1C(NC(=O)c1cc2cccc(C3CC3)c2[nH]1)C1CC1. The highest BCUT2D eigenvalue weighted by Crippen LogP contribution is 2.43. The molecule has 0 radical (unpaired) electrons. The summed E-state index contributed by atoms with van der Waals surface area (Å²) in [6.45, 7) is 3.50. The number of H-pyrrole nitrogens is 1. The fourth-order valence-corrected chi connectivity index (χ4v) is 5.25. The van der Waals surface area contributed by atoms with E-state index in [9.17, 15) is 4.79 Å². The van der Waals surface area contributed by atoms with Gasteiger partial charge in [0.2, 0.25) is 0 Å². The monoisotopic (exact) mass is 365 g/mol. The molecular weight excluding hydrogens is 334 g/mol. The van der Waals surface area contributed by atoms with Crippen molar-refractivity contribution in [1.82, 2.24) is 15.2 Å². The largest absolute Gasteiger partial charge is 0.350 e. The molecule has 1 aliphatic heterocycles. The first-order valence-corrected chi connectivity index (χ1v) is 10.7. The second-order valence-corrected chi connectivity index (χ2v) is 9.20. The lowest BCUT2D eigenvalue weighted by Crippen LogP contribution is -2.56. The third kappa shape index (κ3) is 3.29. The molecule has 3 unspecified atom stereocenters. The summed E-state index contributed by atoms with van der Waals surface area (Å²) in [5.74, 6) is 2.03. The van der Waals surface area contributed by atoms with E-state index in [2.05, 4.69) is 47.4 Å². The molecule has 2 N–H and O–H groups in total. The van der Waals surface area contributed by atoms with Gasteiger partial charge in [-0.1, -0.05) is 25.1 Å². The molecule has 2 aliphatic carbocycles. The molecule has 2 aromatic rings. The molecule has 1 saturated heterocycles. The third-order valence-corrected chi connectivity index (χ3v) is 7.01. The average Bonchev–Trinajstić information content (AvgIpc) is 3.56. The molecule has 4 heteroatoms. The van der Waals surface area contributed by atoms with E-state index in [1.807, 2.05) is 6.07 Å². The second kappa shape index (κ2) is 6.66. The maximum absolute atomic E-state index is 13.1. The summed E-state index contributed by atoms with van der Waals surface area (Å²) in [6.07, 6.45) is 7.59. The number of aromatic nitrogens is 1. The van der Waals surface area contributed by atoms with Crippen molar-refractivity contribution < 1.29 is 4.79 Å². The molecule has 3 atom stereocenters. The standard InChI is InChI=1S/C23H31N3O/c1-14-5-4-12-26(2)22(14)21(16-10-11-16)25-23(27)19-13-17-6-3-7-18(15-8-9-15)20(17)24-19/h3,6-7,13-16,21-22,24H,4-5,8-12H2,1-2H3,(H,25,27). The first-order chi connectivity index (χ1) is 13.1. The Morgan fingerprint density at radius 1 is 1.22 bits per heavy atom. The smallest absolute Gasteiger partial charge is 0.268 e. The molecule has 4 nitrogen and oxygen atoms in total. The van der Waals surface area contributed by atoms with Gasteiger partial charge in [0.25, 0.3) is 5.91 Å². The second-order valence-electron chi connectivity index (χ2n) is 9.20. The number of carbonyl (C=O) groups is 1. The summed E-state index contributed by atoms with van der Waals surface area (Å²) in [7, 11) is 2.23. The lowest BCUT2D eigenvalue weighted by atomic mass is 9.84. The van der Waals surface area contributed by atoms with Gasteiger partial charge in [-0.3, -0.25) is 4.79 Å². The van der Waals surface area contributed by atoms with Gasteiger partial charge in [0.1, 0.15) is 5.69 Å². The van der Waals surface area contributed by atoms with Crippen LogP contribution in [0.15, 0.2) is 24.3 Å². The summed E-state index contributed by atoms with van der Waals surface area (Å²) in [4.78, 5) is 19.1. The molecular formula is C23H31N3O. The summed E-state index contributed by atoms with van der Waals surface area (Å²) < 4.78 is 0. The van der Waals surface area contributed by atoms with Crippen molar-refractivity contribution in [3.8, 4) is 0 Å². The molecule has 1 aromatic heterocycles. The molecule has 144 valence electrons. The molecule has 0 bridgehead atoms. The summed E-state index contributed by atoms with van der Waals surface area (Å²) >= 11 is 0. The van der Waals surface area contributed by atoms with E-state index in [1.165, 1.54) is 44.1 Å². The van der Waals surface area contributed by atoms with Crippen LogP contribution in [0.5, 0.6) is 0 Å². The van der Waals surface area contributed by atoms with Crippen LogP contribution < -0.4 is 5.32 Å². The minimum Gasteiger partial charge on any atom is -0.350 e. The molecule has 1 amide bonds. The van der Waals surface area contributed by atoms with E-state index >= 15 is 0 Å². The van der Waals surface area contributed by atoms with Crippen molar-refractivity contribution in [1.29, 1.82) is 0 Å². The third-order valence-electron chi connectivity index (χ3n) is 7.01. The van der Waals surface area contributed by atoms with Crippen LogP contribution in [0.2, 0.25) is 0 Å². The Hall–Kier alpha value is -1.81. The number of aromatic amines is 1. The predicted octanol–water partition coefficient (Wildman–Crippen LogP) is 4.28. The van der Waals surface area contributed by atoms with Crippen LogP contribution in [0.1, 0.15) is 67.4 Å². The number of para-hydroxylation sites is 1. The van der Waals surface area contributed by atoms with E-state index < -0.39 is 0 Å². The number of likely N-dealkylation sites (N-methyl/N-ethyl adjacent to an activating group) is 1. The van der Waals surface area contributed by atoms with Gasteiger partial charge in [-0.15, -0.1) is 0 Å². The van der Waals surface area contributed by atoms with Gasteiger partial charge in [0.05, 0.1) is 0 Å². The number of benzene rings is 1. The number of hydrogen-bond donors (Lipinski definition) is 2. The van der Waals surface area contributed by atoms with Crippen LogP contribution in [0.3, 0.4) is 0 Å². The summed E-state index contributed by atoms with van der Waals surface area (Å²) in [5.41, 5.74) is 3.26. The number of nitrogens with one attached hydrogen (secondary N) is 2. The number of fused-ring (bicyclic) bond motifs is 1. The number of nitrogens with zero attached hydrogens (tertiary/aromatic N) is 1. The maximum Gasteiger partial charge on any atom is 0.268 e. The zero-order chi connectivity index (χ0) is 18.5. The van der Waals surface area contributed by atoms with E-state index in [0.717, 1.165) is 23.1 Å². The van der Waals surface area contributed by atoms with Gasteiger partial charge in [-0.25, -0.2) is 0 Å². The van der Waals surface area contributed by atoms with Crippen LogP contribution in [-0.4, -0.2) is 41.5 Å². The van der Waals surface area contributed by atoms with Crippen molar-refractivity contribution in [3.63, 3.8) is 0 Å². The Morgan fingerprint density at radius 3 is 2.74 bits per heavy atom. The average molecular weight is 366 g/mol.